The Morgan fingerprint density at radius 1 is 1.00 bits per heavy atom. The molecule has 1 atom stereocenters. The van der Waals surface area contributed by atoms with Gasteiger partial charge < -0.3 is 21.1 Å². The maximum Gasteiger partial charge on any atom is 0.255 e. The number of carbonyl (C=O) groups excluding carboxylic acids is 2. The average molecular weight is 414 g/mol. The van der Waals surface area contributed by atoms with E-state index in [0.717, 1.165) is 31.4 Å². The number of hydrogen-bond donors (Lipinski definition) is 6. The van der Waals surface area contributed by atoms with Gasteiger partial charge in [0.25, 0.3) is 5.91 Å². The van der Waals surface area contributed by atoms with E-state index < -0.39 is 0 Å². The zero-order chi connectivity index (χ0) is 19.9. The second-order valence-corrected chi connectivity index (χ2v) is 7.46. The van der Waals surface area contributed by atoms with Crippen molar-refractivity contribution in [3.05, 3.63) is 29.8 Å². The fraction of sp³-hybridized carbons (Fsp3) is 0.579. The van der Waals surface area contributed by atoms with Crippen molar-refractivity contribution in [1.29, 1.82) is 0 Å². The third-order valence-electron chi connectivity index (χ3n) is 4.01. The molecule has 6 nitrogen and oxygen atoms in total. The molecule has 1 aromatic carbocycles. The van der Waals surface area contributed by atoms with Crippen LogP contribution in [-0.2, 0) is 4.79 Å². The number of nitrogens with one attached hydrogen (secondary N) is 3. The lowest BCUT2D eigenvalue weighted by Gasteiger charge is -2.10. The van der Waals surface area contributed by atoms with Gasteiger partial charge in [0.2, 0.25) is 5.91 Å². The van der Waals surface area contributed by atoms with Crippen molar-refractivity contribution in [2.45, 2.75) is 37.4 Å². The number of amides is 2. The van der Waals surface area contributed by atoms with Crippen LogP contribution in [0.1, 0.15) is 42.5 Å². The van der Waals surface area contributed by atoms with Gasteiger partial charge in [0.05, 0.1) is 5.56 Å². The molecule has 152 valence electrons. The van der Waals surface area contributed by atoms with Gasteiger partial charge in [0.1, 0.15) is 5.75 Å². The number of carbonyl (C=O) groups is 2. The summed E-state index contributed by atoms with van der Waals surface area (Å²) in [5, 5.41) is 18.7. The molecule has 1 aromatic rings. The summed E-state index contributed by atoms with van der Waals surface area (Å²) < 4.78 is 0. The molecule has 0 bridgehead atoms. The minimum atomic E-state index is -0.305. The highest BCUT2D eigenvalue weighted by molar-refractivity contribution is 7.81. The van der Waals surface area contributed by atoms with Gasteiger partial charge in [0, 0.05) is 37.8 Å². The van der Waals surface area contributed by atoms with Crippen molar-refractivity contribution in [2.75, 3.05) is 31.9 Å². The Bertz CT molecular complexity index is 573. The molecule has 27 heavy (non-hydrogen) atoms. The molecule has 4 N–H and O–H groups in total. The van der Waals surface area contributed by atoms with Gasteiger partial charge in [-0.2, -0.15) is 25.3 Å². The van der Waals surface area contributed by atoms with Crippen LogP contribution in [0.5, 0.6) is 5.75 Å². The van der Waals surface area contributed by atoms with Crippen LogP contribution in [0.3, 0.4) is 0 Å². The first-order chi connectivity index (χ1) is 13.0. The van der Waals surface area contributed by atoms with E-state index in [2.05, 4.69) is 41.2 Å². The topological polar surface area (TPSA) is 90.5 Å². The third-order valence-corrected chi connectivity index (χ3v) is 4.79. The number of thiol groups is 2. The monoisotopic (exact) mass is 413 g/mol. The number of phenolic OH excluding ortho intramolecular Hbond substituents is 1. The molecule has 1 rings (SSSR count). The summed E-state index contributed by atoms with van der Waals surface area (Å²) in [4.78, 5) is 23.6. The fourth-order valence-electron chi connectivity index (χ4n) is 2.49. The lowest BCUT2D eigenvalue weighted by atomic mass is 10.1. The van der Waals surface area contributed by atoms with Crippen LogP contribution in [0.15, 0.2) is 24.3 Å². The van der Waals surface area contributed by atoms with Crippen molar-refractivity contribution in [3.8, 4) is 5.75 Å². The Kier molecular flexibility index (Phi) is 12.8. The molecule has 0 aliphatic heterocycles. The average Bonchev–Trinajstić information content (AvgIpc) is 2.65. The molecule has 0 heterocycles. The van der Waals surface area contributed by atoms with E-state index in [-0.39, 0.29) is 23.1 Å². The highest BCUT2D eigenvalue weighted by Gasteiger charge is 2.08. The number of aromatic hydroxyl groups is 1. The second-order valence-electron chi connectivity index (χ2n) is 6.28. The normalized spacial score (nSPS) is 11.8. The number of benzene rings is 1. The Hall–Kier alpha value is -1.38. The van der Waals surface area contributed by atoms with Gasteiger partial charge in [-0.3, -0.25) is 9.59 Å². The van der Waals surface area contributed by atoms with Crippen LogP contribution in [0.25, 0.3) is 0 Å². The Labute approximate surface area is 172 Å². The smallest absolute Gasteiger partial charge is 0.255 e. The SMILES string of the molecule is O=C(CCCCC(S)CCS)NCCNCCNC(=O)c1ccccc1O. The molecular formula is C19H31N3O3S2. The maximum atomic E-state index is 11.9. The number of hydrogen-bond acceptors (Lipinski definition) is 6. The van der Waals surface area contributed by atoms with Crippen LogP contribution >= 0.6 is 25.3 Å². The van der Waals surface area contributed by atoms with Crippen molar-refractivity contribution >= 4 is 37.1 Å². The molecule has 0 fully saturated rings. The number of phenols is 1. The molecule has 0 aromatic heterocycles. The van der Waals surface area contributed by atoms with Crippen LogP contribution in [0.2, 0.25) is 0 Å². The summed E-state index contributed by atoms with van der Waals surface area (Å²) in [6.45, 7) is 2.22. The minimum absolute atomic E-state index is 0.0303. The van der Waals surface area contributed by atoms with E-state index in [4.69, 9.17) is 0 Å². The van der Waals surface area contributed by atoms with Gasteiger partial charge in [-0.25, -0.2) is 0 Å². The Balaban J connectivity index is 1.97. The van der Waals surface area contributed by atoms with E-state index >= 15 is 0 Å². The quantitative estimate of drug-likeness (QED) is 0.208. The molecular weight excluding hydrogens is 382 g/mol. The van der Waals surface area contributed by atoms with Gasteiger partial charge in [0.15, 0.2) is 0 Å². The van der Waals surface area contributed by atoms with Gasteiger partial charge >= 0.3 is 0 Å². The lowest BCUT2D eigenvalue weighted by Crippen LogP contribution is -2.36. The maximum absolute atomic E-state index is 11.9. The first kappa shape index (κ1) is 23.7. The van der Waals surface area contributed by atoms with E-state index in [0.29, 0.717) is 37.8 Å². The zero-order valence-electron chi connectivity index (χ0n) is 15.6. The molecule has 0 spiro atoms. The van der Waals surface area contributed by atoms with Crippen LogP contribution in [0, 0.1) is 0 Å². The molecule has 0 aliphatic carbocycles. The molecule has 8 heteroatoms. The molecule has 0 saturated heterocycles. The molecule has 2 amide bonds. The summed E-state index contributed by atoms with van der Waals surface area (Å²) in [5.74, 6) is 0.577. The van der Waals surface area contributed by atoms with Crippen molar-refractivity contribution in [1.82, 2.24) is 16.0 Å². The zero-order valence-corrected chi connectivity index (χ0v) is 17.4. The Morgan fingerprint density at radius 2 is 1.70 bits per heavy atom. The minimum Gasteiger partial charge on any atom is -0.507 e. The summed E-state index contributed by atoms with van der Waals surface area (Å²) in [5.41, 5.74) is 0.264. The van der Waals surface area contributed by atoms with Crippen LogP contribution < -0.4 is 16.0 Å². The van der Waals surface area contributed by atoms with Gasteiger partial charge in [-0.05, 0) is 37.1 Å². The summed E-state index contributed by atoms with van der Waals surface area (Å²) in [6.07, 6.45) is 4.44. The summed E-state index contributed by atoms with van der Waals surface area (Å²) in [7, 11) is 0. The van der Waals surface area contributed by atoms with Crippen molar-refractivity contribution in [3.63, 3.8) is 0 Å². The first-order valence-electron chi connectivity index (χ1n) is 9.37. The van der Waals surface area contributed by atoms with Crippen molar-refractivity contribution in [2.24, 2.45) is 0 Å². The molecule has 1 unspecified atom stereocenters. The summed E-state index contributed by atoms with van der Waals surface area (Å²) >= 11 is 8.66. The van der Waals surface area contributed by atoms with Crippen LogP contribution in [0.4, 0.5) is 0 Å². The summed E-state index contributed by atoms with van der Waals surface area (Å²) in [6, 6.07) is 6.43. The predicted octanol–water partition coefficient (Wildman–Crippen LogP) is 2.01. The molecule has 0 radical (unpaired) electrons. The Morgan fingerprint density at radius 3 is 2.41 bits per heavy atom. The predicted molar refractivity (Wildman–Crippen MR) is 116 cm³/mol. The van der Waals surface area contributed by atoms with E-state index in [1.807, 2.05) is 0 Å². The lowest BCUT2D eigenvalue weighted by molar-refractivity contribution is -0.121. The van der Waals surface area contributed by atoms with E-state index in [1.54, 1.807) is 18.2 Å². The number of para-hydroxylation sites is 1. The number of unbranched alkanes of at least 4 members (excludes halogenated alkanes) is 1. The third kappa shape index (κ3) is 11.1. The first-order valence-corrected chi connectivity index (χ1v) is 10.5. The van der Waals surface area contributed by atoms with Crippen LogP contribution in [-0.4, -0.2) is 54.1 Å². The molecule has 0 aliphatic rings. The highest BCUT2D eigenvalue weighted by atomic mass is 32.1. The molecule has 0 saturated carbocycles. The number of rotatable bonds is 14. The van der Waals surface area contributed by atoms with E-state index in [9.17, 15) is 14.7 Å². The van der Waals surface area contributed by atoms with Gasteiger partial charge in [-0.1, -0.05) is 18.6 Å². The fourth-order valence-corrected chi connectivity index (χ4v) is 3.31. The van der Waals surface area contributed by atoms with Crippen molar-refractivity contribution < 1.29 is 14.7 Å². The van der Waals surface area contributed by atoms with E-state index in [1.165, 1.54) is 6.07 Å². The highest BCUT2D eigenvalue weighted by Crippen LogP contribution is 2.14. The standard InChI is InChI=1S/C19H31N3O3S2/c23-17-7-3-2-6-16(17)19(25)22-13-11-20-10-12-21-18(24)8-4-1-5-15(27)9-14-26/h2-3,6-7,15,20,23,26-27H,1,4-5,8-14H2,(H,21,24)(H,22,25). The van der Waals surface area contributed by atoms with Gasteiger partial charge in [-0.15, -0.1) is 0 Å². The second kappa shape index (κ2) is 14.6. The largest absolute Gasteiger partial charge is 0.507 e.